The minimum atomic E-state index is -1.38. The number of ketones is 1. The largest absolute Gasteiger partial charge is 0.478 e. The maximum absolute atomic E-state index is 13.6. The number of esters is 1. The lowest BCUT2D eigenvalue weighted by Gasteiger charge is -2.84. The molecule has 200 valence electrons. The van der Waals surface area contributed by atoms with Gasteiger partial charge in [0, 0.05) is 24.2 Å². The van der Waals surface area contributed by atoms with E-state index in [1.165, 1.54) is 6.92 Å². The van der Waals surface area contributed by atoms with Crippen molar-refractivity contribution in [2.24, 2.45) is 16.2 Å². The van der Waals surface area contributed by atoms with E-state index in [0.717, 1.165) is 5.57 Å². The third-order valence-electron chi connectivity index (χ3n) is 10.4. The molecule has 0 amide bonds. The Balaban J connectivity index is 0.000000265. The van der Waals surface area contributed by atoms with Crippen LogP contribution in [-0.2, 0) is 19.1 Å². The number of ether oxygens (including phenoxy) is 2. The van der Waals surface area contributed by atoms with Crippen molar-refractivity contribution in [1.82, 2.24) is 0 Å². The standard InChI is InChI=1S/C21H28O7.C7H6O2/c1-10-5-6-19(26)8-21-17(3,16(25)15(24)14(10)18(19,21)4)12(23)7-13-20(21,9-27-13)28-11(2)22;8-7(9)6-4-2-1-3-5-6/h12-13,15,23-24,26H,5-9H2,1-4H3;1-5H,(H,8,9)/t12-,13+,15+,17-,18-,19+,20-,21?;/m0./s1. The third-order valence-corrected chi connectivity index (χ3v) is 10.4. The van der Waals surface area contributed by atoms with Crippen LogP contribution in [0.15, 0.2) is 41.5 Å². The highest BCUT2D eigenvalue weighted by Gasteiger charge is 2.93. The van der Waals surface area contributed by atoms with Gasteiger partial charge >= 0.3 is 11.9 Å². The number of carbonyl (C=O) groups is 3. The van der Waals surface area contributed by atoms with E-state index in [9.17, 15) is 29.7 Å². The van der Waals surface area contributed by atoms with Crippen LogP contribution in [0.3, 0.4) is 0 Å². The van der Waals surface area contributed by atoms with Crippen molar-refractivity contribution in [3.63, 3.8) is 0 Å². The first-order valence-corrected chi connectivity index (χ1v) is 12.7. The van der Waals surface area contributed by atoms with Crippen LogP contribution < -0.4 is 0 Å². The number of aromatic carboxylic acids is 1. The summed E-state index contributed by atoms with van der Waals surface area (Å²) in [6, 6.07) is 8.30. The molecule has 1 unspecified atom stereocenters. The molecule has 0 aromatic heterocycles. The molecule has 4 N–H and O–H groups in total. The van der Waals surface area contributed by atoms with E-state index in [-0.39, 0.29) is 19.4 Å². The van der Waals surface area contributed by atoms with Crippen LogP contribution in [-0.4, -0.2) is 74.3 Å². The summed E-state index contributed by atoms with van der Waals surface area (Å²) in [5, 5.41) is 42.2. The molecule has 1 aromatic carbocycles. The highest BCUT2D eigenvalue weighted by Crippen LogP contribution is 2.85. The van der Waals surface area contributed by atoms with E-state index < -0.39 is 63.5 Å². The van der Waals surface area contributed by atoms with Gasteiger partial charge in [-0.3, -0.25) is 9.59 Å². The molecule has 8 atom stereocenters. The predicted octanol–water partition coefficient (Wildman–Crippen LogP) is 2.02. The average molecular weight is 515 g/mol. The van der Waals surface area contributed by atoms with Crippen LogP contribution >= 0.6 is 0 Å². The van der Waals surface area contributed by atoms with Gasteiger partial charge in [0.25, 0.3) is 0 Å². The first-order chi connectivity index (χ1) is 17.2. The molecular formula is C28H34O9. The Hall–Kier alpha value is -2.59. The summed E-state index contributed by atoms with van der Waals surface area (Å²) in [6.07, 6.45) is -1.49. The monoisotopic (exact) mass is 514 g/mol. The van der Waals surface area contributed by atoms with Crippen LogP contribution in [0, 0.1) is 16.2 Å². The fourth-order valence-corrected chi connectivity index (χ4v) is 8.62. The normalized spacial score (nSPS) is 45.1. The number of hydrogen-bond donors (Lipinski definition) is 4. The van der Waals surface area contributed by atoms with Crippen LogP contribution in [0.1, 0.15) is 63.7 Å². The van der Waals surface area contributed by atoms with Gasteiger partial charge in [-0.2, -0.15) is 0 Å². The van der Waals surface area contributed by atoms with Crippen molar-refractivity contribution in [3.8, 4) is 0 Å². The zero-order chi connectivity index (χ0) is 27.2. The third kappa shape index (κ3) is 2.80. The molecule has 5 aliphatic rings. The SMILES string of the molecule is CC(=O)O[C@@]12CO[C@@H]1C[C@H](O)[C@@]1(C)C(=O)[C@H](O)C3=C(C)CC[C@@]4(O)CC21[C@@]34C.O=C(O)c1ccccc1. The molecule has 37 heavy (non-hydrogen) atoms. The molecule has 1 spiro atoms. The summed E-state index contributed by atoms with van der Waals surface area (Å²) >= 11 is 0. The quantitative estimate of drug-likeness (QED) is 0.343. The zero-order valence-electron chi connectivity index (χ0n) is 21.5. The van der Waals surface area contributed by atoms with E-state index in [0.29, 0.717) is 24.0 Å². The Morgan fingerprint density at radius 1 is 1.14 bits per heavy atom. The van der Waals surface area contributed by atoms with Crippen LogP contribution in [0.4, 0.5) is 0 Å². The lowest BCUT2D eigenvalue weighted by atomic mass is 9.21. The first-order valence-electron chi connectivity index (χ1n) is 12.7. The highest BCUT2D eigenvalue weighted by atomic mass is 16.6. The number of aliphatic hydroxyl groups excluding tert-OH is 2. The van der Waals surface area contributed by atoms with Gasteiger partial charge in [0.1, 0.15) is 12.2 Å². The van der Waals surface area contributed by atoms with Gasteiger partial charge in [0.2, 0.25) is 0 Å². The second-order valence-corrected chi connectivity index (χ2v) is 11.6. The maximum atomic E-state index is 13.6. The summed E-state index contributed by atoms with van der Waals surface area (Å²) < 4.78 is 11.7. The number of rotatable bonds is 2. The van der Waals surface area contributed by atoms with Crippen molar-refractivity contribution in [2.45, 2.75) is 82.9 Å². The lowest BCUT2D eigenvalue weighted by Crippen LogP contribution is -2.94. The number of aliphatic hydroxyl groups is 3. The Labute approximate surface area is 215 Å². The lowest BCUT2D eigenvalue weighted by molar-refractivity contribution is -0.438. The van der Waals surface area contributed by atoms with E-state index in [2.05, 4.69) is 0 Å². The van der Waals surface area contributed by atoms with Gasteiger partial charge in [-0.05, 0) is 50.8 Å². The van der Waals surface area contributed by atoms with Crippen LogP contribution in [0.2, 0.25) is 0 Å². The van der Waals surface area contributed by atoms with Gasteiger partial charge in [0.05, 0.1) is 29.3 Å². The number of carboxylic acid groups (broad SMARTS) is 1. The van der Waals surface area contributed by atoms with E-state index in [1.54, 1.807) is 37.3 Å². The summed E-state index contributed by atoms with van der Waals surface area (Å²) in [5.74, 6) is -1.81. The fraction of sp³-hybridized carbons (Fsp3) is 0.607. The molecule has 1 aromatic rings. The molecule has 9 nitrogen and oxygen atoms in total. The van der Waals surface area contributed by atoms with E-state index in [1.807, 2.05) is 13.8 Å². The molecule has 4 fully saturated rings. The summed E-state index contributed by atoms with van der Waals surface area (Å²) in [6.45, 7) is 6.90. The molecule has 3 saturated carbocycles. The highest BCUT2D eigenvalue weighted by molar-refractivity contribution is 5.96. The Morgan fingerprint density at radius 2 is 1.78 bits per heavy atom. The molecule has 0 bridgehead atoms. The first kappa shape index (κ1) is 26.0. The smallest absolute Gasteiger partial charge is 0.335 e. The van der Waals surface area contributed by atoms with Gasteiger partial charge in [-0.25, -0.2) is 4.79 Å². The second-order valence-electron chi connectivity index (χ2n) is 11.6. The van der Waals surface area contributed by atoms with Gasteiger partial charge in [0.15, 0.2) is 11.4 Å². The molecule has 1 heterocycles. The molecule has 9 heteroatoms. The second kappa shape index (κ2) is 7.96. The molecule has 4 aliphatic carbocycles. The van der Waals surface area contributed by atoms with E-state index >= 15 is 0 Å². The van der Waals surface area contributed by atoms with Gasteiger partial charge in [-0.15, -0.1) is 0 Å². The van der Waals surface area contributed by atoms with Crippen molar-refractivity contribution < 1.29 is 44.3 Å². The van der Waals surface area contributed by atoms with Crippen molar-refractivity contribution in [3.05, 3.63) is 47.0 Å². The Kier molecular flexibility index (Phi) is 5.60. The summed E-state index contributed by atoms with van der Waals surface area (Å²) in [5.41, 5.74) is -3.86. The van der Waals surface area contributed by atoms with Crippen LogP contribution in [0.5, 0.6) is 0 Å². The van der Waals surface area contributed by atoms with Gasteiger partial charge in [-0.1, -0.05) is 30.7 Å². The number of allylic oxidation sites excluding steroid dienone is 1. The number of fused-ring (bicyclic) bond motifs is 1. The number of carbonyl (C=O) groups excluding carboxylic acids is 2. The number of benzene rings is 1. The van der Waals surface area contributed by atoms with Crippen molar-refractivity contribution in [1.29, 1.82) is 0 Å². The number of Topliss-reactive ketones (excluding diaryl/α,β-unsaturated/α-hetero) is 1. The Bertz CT molecular complexity index is 1210. The average Bonchev–Trinajstić information content (AvgIpc) is 2.84. The molecule has 1 saturated heterocycles. The minimum Gasteiger partial charge on any atom is -0.478 e. The number of hydrogen-bond acceptors (Lipinski definition) is 8. The topological polar surface area (TPSA) is 151 Å². The van der Waals surface area contributed by atoms with Gasteiger partial charge < -0.3 is 29.9 Å². The fourth-order valence-electron chi connectivity index (χ4n) is 8.62. The predicted molar refractivity (Wildman–Crippen MR) is 129 cm³/mol. The van der Waals surface area contributed by atoms with Crippen molar-refractivity contribution in [2.75, 3.05) is 6.61 Å². The molecule has 6 rings (SSSR count). The molecule has 1 aliphatic heterocycles. The van der Waals surface area contributed by atoms with Crippen molar-refractivity contribution >= 4 is 17.7 Å². The minimum absolute atomic E-state index is 0.126. The summed E-state index contributed by atoms with van der Waals surface area (Å²) in [4.78, 5) is 35.9. The molecular weight excluding hydrogens is 480 g/mol. The van der Waals surface area contributed by atoms with E-state index in [4.69, 9.17) is 14.6 Å². The Morgan fingerprint density at radius 3 is 2.30 bits per heavy atom. The molecule has 0 radical (unpaired) electrons. The zero-order valence-corrected chi connectivity index (χ0v) is 21.5. The summed E-state index contributed by atoms with van der Waals surface area (Å²) in [7, 11) is 0. The van der Waals surface area contributed by atoms with Crippen LogP contribution in [0.25, 0.3) is 0 Å². The number of carboxylic acids is 1. The maximum Gasteiger partial charge on any atom is 0.335 e.